The van der Waals surface area contributed by atoms with Crippen molar-refractivity contribution in [3.05, 3.63) is 34.3 Å². The second-order valence-electron chi connectivity index (χ2n) is 3.77. The maximum atomic E-state index is 11.8. The van der Waals surface area contributed by atoms with Crippen molar-refractivity contribution in [1.29, 1.82) is 0 Å². The second-order valence-corrected chi connectivity index (χ2v) is 4.69. The molecule has 0 unspecified atom stereocenters. The van der Waals surface area contributed by atoms with Crippen molar-refractivity contribution in [3.63, 3.8) is 0 Å². The van der Waals surface area contributed by atoms with Gasteiger partial charge < -0.3 is 10.6 Å². The number of halogens is 2. The van der Waals surface area contributed by atoms with Crippen molar-refractivity contribution >= 4 is 34.2 Å². The molecule has 1 amide bonds. The van der Waals surface area contributed by atoms with Gasteiger partial charge >= 0.3 is 0 Å². The van der Waals surface area contributed by atoms with Crippen LogP contribution in [0.5, 0.6) is 0 Å². The molecule has 0 bridgehead atoms. The Kier molecular flexibility index (Phi) is 7.43. The molecule has 1 aromatic carbocycles. The highest BCUT2D eigenvalue weighted by Gasteiger charge is 2.15. The van der Waals surface area contributed by atoms with Crippen LogP contribution in [0.3, 0.4) is 0 Å². The molecule has 0 saturated carbocycles. The Morgan fingerprint density at radius 2 is 2.18 bits per heavy atom. The Morgan fingerprint density at radius 3 is 2.65 bits per heavy atom. The van der Waals surface area contributed by atoms with Gasteiger partial charge in [0.15, 0.2) is 0 Å². The molecule has 2 N–H and O–H groups in total. The first-order valence-corrected chi connectivity index (χ1v) is 6.12. The Balaban J connectivity index is 0.00000256. The van der Waals surface area contributed by atoms with Crippen molar-refractivity contribution in [1.82, 2.24) is 4.90 Å². The summed E-state index contributed by atoms with van der Waals surface area (Å²) in [4.78, 5) is 13.5. The number of rotatable bonds is 4. The van der Waals surface area contributed by atoms with Crippen LogP contribution in [0, 0.1) is 0 Å². The van der Waals surface area contributed by atoms with Crippen LogP contribution in [-0.4, -0.2) is 23.4 Å². The van der Waals surface area contributed by atoms with Crippen LogP contribution in [0.15, 0.2) is 28.7 Å². The second kappa shape index (κ2) is 7.69. The van der Waals surface area contributed by atoms with Gasteiger partial charge in [0.25, 0.3) is 0 Å². The maximum Gasteiger partial charge on any atom is 0.239 e. The minimum absolute atomic E-state index is 0. The molecule has 1 rings (SSSR count). The molecule has 0 aliphatic heterocycles. The quantitative estimate of drug-likeness (QED) is 0.926. The van der Waals surface area contributed by atoms with E-state index in [9.17, 15) is 4.79 Å². The van der Waals surface area contributed by atoms with Crippen LogP contribution >= 0.6 is 28.3 Å². The fourth-order valence-corrected chi connectivity index (χ4v) is 1.94. The van der Waals surface area contributed by atoms with Gasteiger partial charge in [-0.1, -0.05) is 28.1 Å². The van der Waals surface area contributed by atoms with Crippen LogP contribution in [0.25, 0.3) is 0 Å². The largest absolute Gasteiger partial charge is 0.337 e. The van der Waals surface area contributed by atoms with E-state index < -0.39 is 6.04 Å². The molecule has 0 aromatic heterocycles. The van der Waals surface area contributed by atoms with E-state index in [1.54, 1.807) is 11.8 Å². The van der Waals surface area contributed by atoms with Gasteiger partial charge in [-0.15, -0.1) is 12.4 Å². The number of nitrogens with two attached hydrogens (primary N) is 1. The third-order valence-corrected chi connectivity index (χ3v) is 2.84. The summed E-state index contributed by atoms with van der Waals surface area (Å²) in [5.41, 5.74) is 6.70. The molecular formula is C12H18BrClN2O. The standard InChI is InChI=1S/C12H17BrN2O.ClH/c1-3-15(12(16)9(2)14)8-10-5-4-6-11(13)7-10;/h4-7,9H,3,8,14H2,1-2H3;1H/t9-;/m1./s1. The minimum atomic E-state index is -0.438. The van der Waals surface area contributed by atoms with Crippen molar-refractivity contribution in [2.45, 2.75) is 26.4 Å². The van der Waals surface area contributed by atoms with Crippen LogP contribution in [0.4, 0.5) is 0 Å². The molecule has 0 spiro atoms. The third kappa shape index (κ3) is 5.06. The first-order chi connectivity index (χ1) is 7.54. The van der Waals surface area contributed by atoms with Crippen molar-refractivity contribution < 1.29 is 4.79 Å². The summed E-state index contributed by atoms with van der Waals surface area (Å²) in [5.74, 6) is -0.0116. The summed E-state index contributed by atoms with van der Waals surface area (Å²) in [6.07, 6.45) is 0. The molecule has 0 aliphatic carbocycles. The third-order valence-electron chi connectivity index (χ3n) is 2.35. The molecular weight excluding hydrogens is 304 g/mol. The topological polar surface area (TPSA) is 46.3 Å². The molecule has 0 radical (unpaired) electrons. The van der Waals surface area contributed by atoms with Gasteiger partial charge in [-0.2, -0.15) is 0 Å². The van der Waals surface area contributed by atoms with Crippen LogP contribution in [-0.2, 0) is 11.3 Å². The van der Waals surface area contributed by atoms with Crippen molar-refractivity contribution in [2.24, 2.45) is 5.73 Å². The van der Waals surface area contributed by atoms with Gasteiger partial charge in [0.1, 0.15) is 0 Å². The number of carbonyl (C=O) groups excluding carboxylic acids is 1. The van der Waals surface area contributed by atoms with Gasteiger partial charge in [0, 0.05) is 17.6 Å². The number of likely N-dealkylation sites (N-methyl/N-ethyl adjacent to an activating group) is 1. The Bertz CT molecular complexity index is 371. The first-order valence-electron chi connectivity index (χ1n) is 5.33. The molecule has 0 aliphatic rings. The Labute approximate surface area is 117 Å². The molecule has 96 valence electrons. The lowest BCUT2D eigenvalue weighted by Crippen LogP contribution is -2.41. The molecule has 3 nitrogen and oxygen atoms in total. The average molecular weight is 322 g/mol. The number of hydrogen-bond donors (Lipinski definition) is 1. The summed E-state index contributed by atoms with van der Waals surface area (Å²) in [6.45, 7) is 4.95. The highest BCUT2D eigenvalue weighted by molar-refractivity contribution is 9.10. The zero-order chi connectivity index (χ0) is 12.1. The van der Waals surface area contributed by atoms with E-state index in [1.807, 2.05) is 31.2 Å². The summed E-state index contributed by atoms with van der Waals surface area (Å²) < 4.78 is 1.02. The lowest BCUT2D eigenvalue weighted by molar-refractivity contribution is -0.132. The SMILES string of the molecule is CCN(Cc1cccc(Br)c1)C(=O)[C@@H](C)N.Cl. The van der Waals surface area contributed by atoms with E-state index >= 15 is 0 Å². The molecule has 0 heterocycles. The van der Waals surface area contributed by atoms with E-state index in [0.717, 1.165) is 10.0 Å². The molecule has 1 aromatic rings. The Hall–Kier alpha value is -0.580. The van der Waals surface area contributed by atoms with E-state index in [-0.39, 0.29) is 18.3 Å². The molecule has 1 atom stereocenters. The number of benzene rings is 1. The molecule has 17 heavy (non-hydrogen) atoms. The number of carbonyl (C=O) groups is 1. The number of amides is 1. The van der Waals surface area contributed by atoms with Gasteiger partial charge in [-0.3, -0.25) is 4.79 Å². The van der Waals surface area contributed by atoms with Gasteiger partial charge in [-0.05, 0) is 31.5 Å². The first kappa shape index (κ1) is 16.4. The molecule has 5 heteroatoms. The Morgan fingerprint density at radius 1 is 1.53 bits per heavy atom. The molecule has 0 saturated heterocycles. The lowest BCUT2D eigenvalue weighted by Gasteiger charge is -2.22. The van der Waals surface area contributed by atoms with Gasteiger partial charge in [0.05, 0.1) is 6.04 Å². The van der Waals surface area contributed by atoms with Crippen molar-refractivity contribution in [2.75, 3.05) is 6.54 Å². The van der Waals surface area contributed by atoms with E-state index in [1.165, 1.54) is 0 Å². The van der Waals surface area contributed by atoms with Gasteiger partial charge in [0.2, 0.25) is 5.91 Å². The summed E-state index contributed by atoms with van der Waals surface area (Å²) in [5, 5.41) is 0. The molecule has 0 fully saturated rings. The van der Waals surface area contributed by atoms with Gasteiger partial charge in [-0.25, -0.2) is 0 Å². The van der Waals surface area contributed by atoms with Crippen LogP contribution < -0.4 is 5.73 Å². The van der Waals surface area contributed by atoms with E-state index in [2.05, 4.69) is 15.9 Å². The van der Waals surface area contributed by atoms with Crippen LogP contribution in [0.2, 0.25) is 0 Å². The highest BCUT2D eigenvalue weighted by Crippen LogP contribution is 2.13. The summed E-state index contributed by atoms with van der Waals surface area (Å²) in [6, 6.07) is 7.50. The smallest absolute Gasteiger partial charge is 0.239 e. The van der Waals surface area contributed by atoms with Crippen LogP contribution in [0.1, 0.15) is 19.4 Å². The fourth-order valence-electron chi connectivity index (χ4n) is 1.49. The van der Waals surface area contributed by atoms with E-state index in [4.69, 9.17) is 5.73 Å². The average Bonchev–Trinajstić information content (AvgIpc) is 2.25. The summed E-state index contributed by atoms with van der Waals surface area (Å²) in [7, 11) is 0. The lowest BCUT2D eigenvalue weighted by atomic mass is 10.2. The zero-order valence-corrected chi connectivity index (χ0v) is 12.4. The maximum absolute atomic E-state index is 11.8. The zero-order valence-electron chi connectivity index (χ0n) is 10.0. The predicted molar refractivity (Wildman–Crippen MR) is 76.1 cm³/mol. The number of hydrogen-bond acceptors (Lipinski definition) is 2. The van der Waals surface area contributed by atoms with Crippen molar-refractivity contribution in [3.8, 4) is 0 Å². The van der Waals surface area contributed by atoms with E-state index in [0.29, 0.717) is 13.1 Å². The minimum Gasteiger partial charge on any atom is -0.337 e. The fraction of sp³-hybridized carbons (Fsp3) is 0.417. The highest BCUT2D eigenvalue weighted by atomic mass is 79.9. The summed E-state index contributed by atoms with van der Waals surface area (Å²) >= 11 is 3.41. The number of nitrogens with zero attached hydrogens (tertiary/aromatic N) is 1. The predicted octanol–water partition coefficient (Wildman–Crippen LogP) is 2.57. The monoisotopic (exact) mass is 320 g/mol. The normalized spacial score (nSPS) is 11.5.